The Morgan fingerprint density at radius 1 is 1.25 bits per heavy atom. The number of carbonyl (C=O) groups is 2. The van der Waals surface area contributed by atoms with Gasteiger partial charge in [0.25, 0.3) is 0 Å². The zero-order valence-corrected chi connectivity index (χ0v) is 16.4. The van der Waals surface area contributed by atoms with Crippen LogP contribution >= 0.6 is 11.6 Å². The molecule has 1 amide bonds. The average Bonchev–Trinajstić information content (AvgIpc) is 3.03. The van der Waals surface area contributed by atoms with Crippen molar-refractivity contribution in [1.82, 2.24) is 9.47 Å². The molecule has 2 aromatic rings. The molecule has 1 fully saturated rings. The highest BCUT2D eigenvalue weighted by Gasteiger charge is 2.27. The Kier molecular flexibility index (Phi) is 5.47. The number of amides is 1. The summed E-state index contributed by atoms with van der Waals surface area (Å²) in [5.74, 6) is -0.616. The number of ether oxygens (including phenoxy) is 1. The van der Waals surface area contributed by atoms with Gasteiger partial charge < -0.3 is 24.8 Å². The highest BCUT2D eigenvalue weighted by molar-refractivity contribution is 6.33. The molecule has 9 heteroatoms. The van der Waals surface area contributed by atoms with E-state index in [0.717, 1.165) is 0 Å². The number of hydrogen-bond acceptors (Lipinski definition) is 6. The van der Waals surface area contributed by atoms with Crippen LogP contribution in [-0.2, 0) is 9.53 Å². The SMILES string of the molecule is COC(=O)c1c(N)c(C#N)cn1-c1cccc(Cl)c1N1CCN(C(C)=O)CC1. The van der Waals surface area contributed by atoms with E-state index in [-0.39, 0.29) is 22.9 Å². The first kappa shape index (κ1) is 19.6. The standard InChI is InChI=1S/C19H20ClN5O3/c1-12(26)23-6-8-24(9-7-23)17-14(20)4-3-5-15(17)25-11-13(10-21)16(22)18(25)19(27)28-2/h3-5,11H,6-9,22H2,1-2H3. The first-order chi connectivity index (χ1) is 13.4. The van der Waals surface area contributed by atoms with Crippen LogP contribution in [-0.4, -0.2) is 54.6 Å². The second kappa shape index (κ2) is 7.82. The molecule has 0 aliphatic carbocycles. The van der Waals surface area contributed by atoms with E-state index in [4.69, 9.17) is 22.1 Å². The van der Waals surface area contributed by atoms with Gasteiger partial charge in [-0.2, -0.15) is 5.26 Å². The smallest absolute Gasteiger partial charge is 0.357 e. The van der Waals surface area contributed by atoms with Crippen LogP contribution in [0.2, 0.25) is 5.02 Å². The van der Waals surface area contributed by atoms with Gasteiger partial charge in [-0.1, -0.05) is 17.7 Å². The second-order valence-electron chi connectivity index (χ2n) is 6.38. The molecule has 1 aromatic heterocycles. The number of anilines is 2. The fraction of sp³-hybridized carbons (Fsp3) is 0.316. The van der Waals surface area contributed by atoms with E-state index in [1.807, 2.05) is 6.07 Å². The van der Waals surface area contributed by atoms with Gasteiger partial charge in [0.05, 0.1) is 34.8 Å². The highest BCUT2D eigenvalue weighted by atomic mass is 35.5. The molecule has 146 valence electrons. The minimum absolute atomic E-state index is 0.0313. The number of methoxy groups -OCH3 is 1. The third-order valence-electron chi connectivity index (χ3n) is 4.81. The van der Waals surface area contributed by atoms with Crippen molar-refractivity contribution in [1.29, 1.82) is 5.26 Å². The van der Waals surface area contributed by atoms with Crippen molar-refractivity contribution in [3.63, 3.8) is 0 Å². The summed E-state index contributed by atoms with van der Waals surface area (Å²) >= 11 is 6.51. The fourth-order valence-corrected chi connectivity index (χ4v) is 3.65. The lowest BCUT2D eigenvalue weighted by atomic mass is 10.2. The lowest BCUT2D eigenvalue weighted by molar-refractivity contribution is -0.129. The number of piperazine rings is 1. The van der Waals surface area contributed by atoms with Crippen molar-refractivity contribution in [3.05, 3.63) is 40.7 Å². The lowest BCUT2D eigenvalue weighted by Gasteiger charge is -2.37. The van der Waals surface area contributed by atoms with E-state index in [1.54, 1.807) is 30.0 Å². The first-order valence-electron chi connectivity index (χ1n) is 8.67. The zero-order chi connectivity index (χ0) is 20.4. The summed E-state index contributed by atoms with van der Waals surface area (Å²) in [5.41, 5.74) is 7.63. The number of benzene rings is 1. The largest absolute Gasteiger partial charge is 0.464 e. The third-order valence-corrected chi connectivity index (χ3v) is 5.11. The van der Waals surface area contributed by atoms with Crippen molar-refractivity contribution >= 4 is 34.9 Å². The van der Waals surface area contributed by atoms with Gasteiger partial charge in [0.2, 0.25) is 5.91 Å². The Morgan fingerprint density at radius 3 is 2.50 bits per heavy atom. The molecule has 1 aromatic carbocycles. The topological polar surface area (TPSA) is 105 Å². The number of carbonyl (C=O) groups excluding carboxylic acids is 2. The zero-order valence-electron chi connectivity index (χ0n) is 15.6. The number of nitrogen functional groups attached to an aromatic ring is 1. The predicted octanol–water partition coefficient (Wildman–Crippen LogP) is 2.04. The maximum Gasteiger partial charge on any atom is 0.357 e. The number of nitriles is 1. The monoisotopic (exact) mass is 401 g/mol. The second-order valence-corrected chi connectivity index (χ2v) is 6.79. The summed E-state index contributed by atoms with van der Waals surface area (Å²) in [4.78, 5) is 27.8. The van der Waals surface area contributed by atoms with Gasteiger partial charge >= 0.3 is 5.97 Å². The Morgan fingerprint density at radius 2 is 1.93 bits per heavy atom. The van der Waals surface area contributed by atoms with E-state index in [1.165, 1.54) is 17.9 Å². The summed E-state index contributed by atoms with van der Waals surface area (Å²) in [7, 11) is 1.25. The molecular formula is C19H20ClN5O3. The summed E-state index contributed by atoms with van der Waals surface area (Å²) in [6, 6.07) is 7.31. The average molecular weight is 402 g/mol. The van der Waals surface area contributed by atoms with Crippen LogP contribution in [0.15, 0.2) is 24.4 Å². The molecule has 8 nitrogen and oxygen atoms in total. The van der Waals surface area contributed by atoms with E-state index in [2.05, 4.69) is 4.90 Å². The van der Waals surface area contributed by atoms with Gasteiger partial charge in [0.1, 0.15) is 6.07 Å². The van der Waals surface area contributed by atoms with Gasteiger partial charge in [-0.05, 0) is 12.1 Å². The molecule has 0 unspecified atom stereocenters. The van der Waals surface area contributed by atoms with Crippen LogP contribution in [0.1, 0.15) is 23.0 Å². The molecule has 0 saturated carbocycles. The van der Waals surface area contributed by atoms with Crippen molar-refractivity contribution in [2.24, 2.45) is 0 Å². The Balaban J connectivity index is 2.11. The first-order valence-corrected chi connectivity index (χ1v) is 9.05. The highest BCUT2D eigenvalue weighted by Crippen LogP contribution is 2.36. The van der Waals surface area contributed by atoms with Crippen molar-refractivity contribution in [3.8, 4) is 11.8 Å². The number of nitrogens with zero attached hydrogens (tertiary/aromatic N) is 4. The molecule has 0 bridgehead atoms. The third kappa shape index (κ3) is 3.37. The normalized spacial score (nSPS) is 13.9. The minimum atomic E-state index is -0.647. The van der Waals surface area contributed by atoms with Gasteiger partial charge in [-0.3, -0.25) is 4.79 Å². The molecule has 28 heavy (non-hydrogen) atoms. The summed E-state index contributed by atoms with van der Waals surface area (Å²) in [6.45, 7) is 3.87. The maximum atomic E-state index is 12.3. The van der Waals surface area contributed by atoms with Crippen LogP contribution in [0.5, 0.6) is 0 Å². The molecule has 2 N–H and O–H groups in total. The number of esters is 1. The Bertz CT molecular complexity index is 971. The maximum absolute atomic E-state index is 12.3. The van der Waals surface area contributed by atoms with Crippen LogP contribution < -0.4 is 10.6 Å². The predicted molar refractivity (Wildman–Crippen MR) is 106 cm³/mol. The van der Waals surface area contributed by atoms with Crippen LogP contribution in [0.3, 0.4) is 0 Å². The molecular weight excluding hydrogens is 382 g/mol. The minimum Gasteiger partial charge on any atom is -0.464 e. The molecule has 0 atom stereocenters. The molecule has 0 spiro atoms. The van der Waals surface area contributed by atoms with Crippen LogP contribution in [0.4, 0.5) is 11.4 Å². The molecule has 0 radical (unpaired) electrons. The number of nitrogens with two attached hydrogens (primary N) is 1. The van der Waals surface area contributed by atoms with Crippen molar-refractivity contribution < 1.29 is 14.3 Å². The van der Waals surface area contributed by atoms with E-state index in [9.17, 15) is 14.9 Å². The number of hydrogen-bond donors (Lipinski definition) is 1. The summed E-state index contributed by atoms with van der Waals surface area (Å²) < 4.78 is 6.39. The van der Waals surface area contributed by atoms with Gasteiger partial charge in [0, 0.05) is 39.3 Å². The lowest BCUT2D eigenvalue weighted by Crippen LogP contribution is -2.48. The van der Waals surface area contributed by atoms with E-state index < -0.39 is 5.97 Å². The number of rotatable bonds is 3. The number of halogens is 1. The summed E-state index contributed by atoms with van der Waals surface area (Å²) in [6.07, 6.45) is 1.50. The Labute approximate surface area is 167 Å². The summed E-state index contributed by atoms with van der Waals surface area (Å²) in [5, 5.41) is 9.84. The van der Waals surface area contributed by atoms with E-state index >= 15 is 0 Å². The van der Waals surface area contributed by atoms with Gasteiger partial charge in [-0.15, -0.1) is 0 Å². The number of aromatic nitrogens is 1. The fourth-order valence-electron chi connectivity index (χ4n) is 3.36. The molecule has 1 aliphatic rings. The molecule has 1 saturated heterocycles. The Hall–Kier alpha value is -3.18. The molecule has 2 heterocycles. The van der Waals surface area contributed by atoms with Crippen molar-refractivity contribution in [2.45, 2.75) is 6.92 Å². The van der Waals surface area contributed by atoms with Gasteiger partial charge in [-0.25, -0.2) is 4.79 Å². The number of para-hydroxylation sites is 1. The van der Waals surface area contributed by atoms with E-state index in [0.29, 0.717) is 42.6 Å². The van der Waals surface area contributed by atoms with Gasteiger partial charge in [0.15, 0.2) is 5.69 Å². The van der Waals surface area contributed by atoms with Crippen LogP contribution in [0.25, 0.3) is 5.69 Å². The molecule has 1 aliphatic heterocycles. The molecule has 3 rings (SSSR count). The van der Waals surface area contributed by atoms with Crippen LogP contribution in [0, 0.1) is 11.3 Å². The quantitative estimate of drug-likeness (QED) is 0.789. The van der Waals surface area contributed by atoms with Crippen molar-refractivity contribution in [2.75, 3.05) is 43.9 Å².